The molecule has 0 aromatic rings. The number of carbonyl (C=O) groups is 2. The molecule has 0 radical (unpaired) electrons. The molecule has 1 aliphatic carbocycles. The summed E-state index contributed by atoms with van der Waals surface area (Å²) in [5.74, 6) is -1.82. The highest BCUT2D eigenvalue weighted by atomic mass is 17.3. The molecule has 152 valence electrons. The van der Waals surface area contributed by atoms with Crippen LogP contribution in [-0.2, 0) is 33.6 Å². The standard InChI is InChI=1S/C19H28O8/c1-10-4-5-13-11(2)16(23-15(22)7-6-14(20)21)24-17-19(13)12(10)8-9-18(3,25-17)26-27-19/h10-13,16-17H,4-9H2,1-3H3,(H,20,21)/t10-,11-,12?,13?,16-,17?,18+,19?/m1/s1. The summed E-state index contributed by atoms with van der Waals surface area (Å²) in [5.41, 5.74) is -0.697. The Balaban J connectivity index is 1.58. The van der Waals surface area contributed by atoms with Crippen molar-refractivity contribution in [2.24, 2.45) is 23.7 Å². The second-order valence-electron chi connectivity index (χ2n) is 8.66. The summed E-state index contributed by atoms with van der Waals surface area (Å²) in [4.78, 5) is 34.5. The molecule has 1 spiro atoms. The summed E-state index contributed by atoms with van der Waals surface area (Å²) in [6.07, 6.45) is 1.72. The predicted octanol–water partition coefficient (Wildman–Crippen LogP) is 2.60. The average molecular weight is 384 g/mol. The van der Waals surface area contributed by atoms with E-state index in [0.717, 1.165) is 19.3 Å². The van der Waals surface area contributed by atoms with Gasteiger partial charge in [-0.15, -0.1) is 0 Å². The van der Waals surface area contributed by atoms with Crippen LogP contribution in [0.25, 0.3) is 0 Å². The lowest BCUT2D eigenvalue weighted by molar-refractivity contribution is -0.576. The first-order chi connectivity index (χ1) is 12.7. The number of hydrogen-bond donors (Lipinski definition) is 1. The van der Waals surface area contributed by atoms with Crippen molar-refractivity contribution in [2.75, 3.05) is 0 Å². The van der Waals surface area contributed by atoms with Gasteiger partial charge in [0.2, 0.25) is 12.1 Å². The Labute approximate surface area is 158 Å². The summed E-state index contributed by atoms with van der Waals surface area (Å²) in [6.45, 7) is 6.06. The quantitative estimate of drug-likeness (QED) is 0.583. The molecule has 8 heteroatoms. The first-order valence-electron chi connectivity index (χ1n) is 9.86. The summed E-state index contributed by atoms with van der Waals surface area (Å²) in [6, 6.07) is 0. The number of rotatable bonds is 4. The van der Waals surface area contributed by atoms with Crippen LogP contribution in [-0.4, -0.2) is 41.0 Å². The summed E-state index contributed by atoms with van der Waals surface area (Å²) >= 11 is 0. The van der Waals surface area contributed by atoms with Crippen molar-refractivity contribution in [1.82, 2.24) is 0 Å². The Morgan fingerprint density at radius 2 is 1.89 bits per heavy atom. The molecule has 5 aliphatic rings. The van der Waals surface area contributed by atoms with Crippen molar-refractivity contribution in [1.29, 1.82) is 0 Å². The van der Waals surface area contributed by atoms with Crippen molar-refractivity contribution in [3.63, 3.8) is 0 Å². The Morgan fingerprint density at radius 3 is 2.63 bits per heavy atom. The van der Waals surface area contributed by atoms with Crippen molar-refractivity contribution in [3.05, 3.63) is 0 Å². The lowest BCUT2D eigenvalue weighted by Gasteiger charge is -2.59. The number of carbonyl (C=O) groups excluding carboxylic acids is 1. The van der Waals surface area contributed by atoms with Gasteiger partial charge in [0.15, 0.2) is 11.9 Å². The molecule has 1 N–H and O–H groups in total. The van der Waals surface area contributed by atoms with E-state index in [4.69, 9.17) is 29.1 Å². The maximum atomic E-state index is 12.1. The van der Waals surface area contributed by atoms with Crippen LogP contribution in [0, 0.1) is 23.7 Å². The normalized spacial score (nSPS) is 48.4. The number of carboxylic acid groups (broad SMARTS) is 1. The monoisotopic (exact) mass is 384 g/mol. The minimum absolute atomic E-state index is 0.0670. The average Bonchev–Trinajstić information content (AvgIpc) is 2.84. The van der Waals surface area contributed by atoms with E-state index in [9.17, 15) is 9.59 Å². The van der Waals surface area contributed by atoms with E-state index in [1.54, 1.807) is 0 Å². The molecular formula is C19H28O8. The molecule has 0 aromatic heterocycles. The SMILES string of the molecule is C[C@@H]1CCC2[C@@H](C)[C@H](OC(=O)CCC(=O)O)OC3O[C@]4(C)CCC1C32OO4. The van der Waals surface area contributed by atoms with Gasteiger partial charge in [-0.25, -0.2) is 9.78 Å². The molecule has 0 amide bonds. The zero-order valence-corrected chi connectivity index (χ0v) is 16.0. The van der Waals surface area contributed by atoms with Gasteiger partial charge < -0.3 is 19.3 Å². The predicted molar refractivity (Wildman–Crippen MR) is 89.8 cm³/mol. The van der Waals surface area contributed by atoms with Crippen LogP contribution in [0.3, 0.4) is 0 Å². The van der Waals surface area contributed by atoms with Gasteiger partial charge in [0, 0.05) is 18.3 Å². The molecular weight excluding hydrogens is 356 g/mol. The topological polar surface area (TPSA) is 101 Å². The van der Waals surface area contributed by atoms with Crippen molar-refractivity contribution >= 4 is 11.9 Å². The van der Waals surface area contributed by atoms with Crippen LogP contribution in [0.4, 0.5) is 0 Å². The van der Waals surface area contributed by atoms with Gasteiger partial charge in [0.1, 0.15) is 0 Å². The second-order valence-corrected chi connectivity index (χ2v) is 8.66. The summed E-state index contributed by atoms with van der Waals surface area (Å²) in [7, 11) is 0. The zero-order valence-electron chi connectivity index (χ0n) is 16.0. The molecule has 4 heterocycles. The van der Waals surface area contributed by atoms with E-state index >= 15 is 0 Å². The minimum Gasteiger partial charge on any atom is -0.481 e. The molecule has 0 aromatic carbocycles. The lowest BCUT2D eigenvalue weighted by Crippen LogP contribution is -2.70. The van der Waals surface area contributed by atoms with Crippen LogP contribution in [0.1, 0.15) is 59.3 Å². The molecule has 5 fully saturated rings. The molecule has 4 saturated heterocycles. The molecule has 4 unspecified atom stereocenters. The van der Waals surface area contributed by atoms with E-state index in [-0.39, 0.29) is 30.6 Å². The van der Waals surface area contributed by atoms with Gasteiger partial charge >= 0.3 is 11.9 Å². The summed E-state index contributed by atoms with van der Waals surface area (Å²) < 4.78 is 17.8. The second kappa shape index (κ2) is 6.69. The first kappa shape index (κ1) is 19.1. The van der Waals surface area contributed by atoms with E-state index in [0.29, 0.717) is 12.3 Å². The molecule has 27 heavy (non-hydrogen) atoms. The Kier molecular flexibility index (Phi) is 4.73. The maximum Gasteiger partial charge on any atom is 0.308 e. The lowest BCUT2D eigenvalue weighted by atomic mass is 9.58. The molecule has 2 bridgehead atoms. The number of fused-ring (bicyclic) bond motifs is 2. The molecule has 4 aliphatic heterocycles. The van der Waals surface area contributed by atoms with Gasteiger partial charge in [-0.3, -0.25) is 9.59 Å². The van der Waals surface area contributed by atoms with Crippen LogP contribution in [0.2, 0.25) is 0 Å². The fourth-order valence-corrected chi connectivity index (χ4v) is 5.40. The third-order valence-electron chi connectivity index (χ3n) is 6.89. The van der Waals surface area contributed by atoms with E-state index in [2.05, 4.69) is 6.92 Å². The smallest absolute Gasteiger partial charge is 0.308 e. The van der Waals surface area contributed by atoms with Crippen LogP contribution < -0.4 is 0 Å². The highest BCUT2D eigenvalue weighted by Crippen LogP contribution is 2.60. The Hall–Kier alpha value is -1.22. The number of aliphatic carboxylic acids is 1. The van der Waals surface area contributed by atoms with E-state index in [1.165, 1.54) is 0 Å². The zero-order chi connectivity index (χ0) is 19.4. The molecule has 8 nitrogen and oxygen atoms in total. The van der Waals surface area contributed by atoms with Gasteiger partial charge in [-0.05, 0) is 38.0 Å². The minimum atomic E-state index is -1.03. The van der Waals surface area contributed by atoms with Crippen molar-refractivity contribution in [3.8, 4) is 0 Å². The number of carboxylic acids is 1. The number of ether oxygens (including phenoxy) is 3. The van der Waals surface area contributed by atoms with Gasteiger partial charge in [-0.2, -0.15) is 0 Å². The van der Waals surface area contributed by atoms with Crippen molar-refractivity contribution < 1.29 is 38.7 Å². The van der Waals surface area contributed by atoms with Gasteiger partial charge in [0.25, 0.3) is 0 Å². The molecule has 5 rings (SSSR count). The largest absolute Gasteiger partial charge is 0.481 e. The fraction of sp³-hybridized carbons (Fsp3) is 0.895. The molecule has 8 atom stereocenters. The molecule has 1 saturated carbocycles. The van der Waals surface area contributed by atoms with Crippen molar-refractivity contribution in [2.45, 2.75) is 83.3 Å². The third kappa shape index (κ3) is 3.06. The van der Waals surface area contributed by atoms with Crippen LogP contribution >= 0.6 is 0 Å². The fourth-order valence-electron chi connectivity index (χ4n) is 5.40. The van der Waals surface area contributed by atoms with Gasteiger partial charge in [0.05, 0.1) is 12.8 Å². The number of esters is 1. The number of hydrogen-bond acceptors (Lipinski definition) is 7. The Morgan fingerprint density at radius 1 is 1.11 bits per heavy atom. The highest BCUT2D eigenvalue weighted by molar-refractivity contribution is 5.76. The third-order valence-corrected chi connectivity index (χ3v) is 6.89. The summed E-state index contributed by atoms with van der Waals surface area (Å²) in [5, 5.41) is 8.76. The van der Waals surface area contributed by atoms with Gasteiger partial charge in [-0.1, -0.05) is 13.8 Å². The van der Waals surface area contributed by atoms with Crippen LogP contribution in [0.15, 0.2) is 0 Å². The maximum absolute atomic E-state index is 12.1. The van der Waals surface area contributed by atoms with E-state index in [1.807, 2.05) is 13.8 Å². The first-order valence-corrected chi connectivity index (χ1v) is 9.86. The Bertz CT molecular complexity index is 623. The highest BCUT2D eigenvalue weighted by Gasteiger charge is 2.69. The van der Waals surface area contributed by atoms with Crippen LogP contribution in [0.5, 0.6) is 0 Å². The van der Waals surface area contributed by atoms with E-state index < -0.39 is 35.9 Å².